The zero-order chi connectivity index (χ0) is 10.3. The molecule has 2 rings (SSSR count). The SMILES string of the molecule is COc1cc2c(cc1N)CN(C)C2=O. The lowest BCUT2D eigenvalue weighted by atomic mass is 10.1. The number of amides is 1. The Labute approximate surface area is 82.3 Å². The number of hydrogen-bond acceptors (Lipinski definition) is 3. The van der Waals surface area contributed by atoms with Gasteiger partial charge in [-0.3, -0.25) is 4.79 Å². The summed E-state index contributed by atoms with van der Waals surface area (Å²) < 4.78 is 5.06. The van der Waals surface area contributed by atoms with Gasteiger partial charge < -0.3 is 15.4 Å². The van der Waals surface area contributed by atoms with E-state index in [1.54, 1.807) is 31.2 Å². The molecule has 0 bridgehead atoms. The molecule has 14 heavy (non-hydrogen) atoms. The highest BCUT2D eigenvalue weighted by Gasteiger charge is 2.25. The summed E-state index contributed by atoms with van der Waals surface area (Å²) in [6.07, 6.45) is 0. The van der Waals surface area contributed by atoms with Crippen LogP contribution in [0.4, 0.5) is 5.69 Å². The highest BCUT2D eigenvalue weighted by molar-refractivity contribution is 5.99. The van der Waals surface area contributed by atoms with Crippen molar-refractivity contribution < 1.29 is 9.53 Å². The minimum absolute atomic E-state index is 0.0262. The molecule has 0 unspecified atom stereocenters. The summed E-state index contributed by atoms with van der Waals surface area (Å²) >= 11 is 0. The van der Waals surface area contributed by atoms with Crippen LogP contribution in [0.25, 0.3) is 0 Å². The molecule has 1 aliphatic rings. The molecule has 0 aliphatic carbocycles. The summed E-state index contributed by atoms with van der Waals surface area (Å²) in [5.74, 6) is 0.589. The van der Waals surface area contributed by atoms with Crippen molar-refractivity contribution in [1.82, 2.24) is 4.90 Å². The maximum absolute atomic E-state index is 11.6. The number of rotatable bonds is 1. The van der Waals surface area contributed by atoms with Crippen molar-refractivity contribution in [3.05, 3.63) is 23.3 Å². The summed E-state index contributed by atoms with van der Waals surface area (Å²) in [6, 6.07) is 3.51. The van der Waals surface area contributed by atoms with Crippen molar-refractivity contribution in [2.24, 2.45) is 0 Å². The highest BCUT2D eigenvalue weighted by Crippen LogP contribution is 2.30. The number of methoxy groups -OCH3 is 1. The number of ether oxygens (including phenoxy) is 1. The van der Waals surface area contributed by atoms with E-state index in [-0.39, 0.29) is 5.91 Å². The van der Waals surface area contributed by atoms with E-state index in [0.717, 1.165) is 5.56 Å². The molecule has 0 spiro atoms. The van der Waals surface area contributed by atoms with Crippen molar-refractivity contribution in [2.45, 2.75) is 6.54 Å². The predicted octanol–water partition coefficient (Wildman–Crippen LogP) is 0.863. The Morgan fingerprint density at radius 2 is 2.21 bits per heavy atom. The van der Waals surface area contributed by atoms with Gasteiger partial charge in [0, 0.05) is 19.2 Å². The van der Waals surface area contributed by atoms with E-state index < -0.39 is 0 Å². The molecule has 0 aromatic heterocycles. The molecule has 0 atom stereocenters. The van der Waals surface area contributed by atoms with E-state index in [1.165, 1.54) is 0 Å². The van der Waals surface area contributed by atoms with Gasteiger partial charge in [-0.1, -0.05) is 0 Å². The second-order valence-electron chi connectivity index (χ2n) is 3.41. The lowest BCUT2D eigenvalue weighted by molar-refractivity contribution is 0.0816. The minimum Gasteiger partial charge on any atom is -0.495 e. The van der Waals surface area contributed by atoms with Crippen molar-refractivity contribution in [3.8, 4) is 5.75 Å². The molecule has 74 valence electrons. The van der Waals surface area contributed by atoms with Crippen LogP contribution in [0.15, 0.2) is 12.1 Å². The van der Waals surface area contributed by atoms with Gasteiger partial charge in [-0.15, -0.1) is 0 Å². The smallest absolute Gasteiger partial charge is 0.254 e. The molecular weight excluding hydrogens is 180 g/mol. The zero-order valence-corrected chi connectivity index (χ0v) is 8.20. The Hall–Kier alpha value is -1.71. The van der Waals surface area contributed by atoms with Crippen molar-refractivity contribution in [3.63, 3.8) is 0 Å². The fourth-order valence-electron chi connectivity index (χ4n) is 1.68. The molecule has 1 aromatic rings. The van der Waals surface area contributed by atoms with E-state index in [1.807, 2.05) is 0 Å². The fourth-order valence-corrected chi connectivity index (χ4v) is 1.68. The van der Waals surface area contributed by atoms with E-state index in [2.05, 4.69) is 0 Å². The van der Waals surface area contributed by atoms with Crippen LogP contribution in [0.1, 0.15) is 15.9 Å². The summed E-state index contributed by atoms with van der Waals surface area (Å²) in [6.45, 7) is 0.627. The number of nitrogen functional groups attached to an aromatic ring is 1. The Morgan fingerprint density at radius 1 is 1.50 bits per heavy atom. The standard InChI is InChI=1S/C10H12N2O2/c1-12-5-6-3-8(11)9(14-2)4-7(6)10(12)13/h3-4H,5,11H2,1-2H3. The van der Waals surface area contributed by atoms with E-state index >= 15 is 0 Å². The third kappa shape index (κ3) is 1.11. The van der Waals surface area contributed by atoms with Crippen molar-refractivity contribution in [2.75, 3.05) is 19.9 Å². The second kappa shape index (κ2) is 2.90. The lowest BCUT2D eigenvalue weighted by Crippen LogP contribution is -2.17. The van der Waals surface area contributed by atoms with Crippen molar-refractivity contribution in [1.29, 1.82) is 0 Å². The monoisotopic (exact) mass is 192 g/mol. The first kappa shape index (κ1) is 8.87. The number of nitrogens with two attached hydrogens (primary N) is 1. The van der Waals surface area contributed by atoms with Gasteiger partial charge in [-0.2, -0.15) is 0 Å². The number of carbonyl (C=O) groups excluding carboxylic acids is 1. The summed E-state index contributed by atoms with van der Waals surface area (Å²) in [7, 11) is 3.31. The molecule has 0 saturated heterocycles. The molecule has 1 aliphatic heterocycles. The normalized spacial score (nSPS) is 14.4. The van der Waals surface area contributed by atoms with E-state index in [0.29, 0.717) is 23.5 Å². The molecule has 4 heteroatoms. The number of benzene rings is 1. The largest absolute Gasteiger partial charge is 0.495 e. The molecule has 0 saturated carbocycles. The van der Waals surface area contributed by atoms with Gasteiger partial charge in [-0.05, 0) is 17.7 Å². The first-order valence-corrected chi connectivity index (χ1v) is 4.35. The first-order chi connectivity index (χ1) is 6.63. The summed E-state index contributed by atoms with van der Waals surface area (Å²) in [4.78, 5) is 13.3. The first-order valence-electron chi connectivity index (χ1n) is 4.35. The Balaban J connectivity index is 2.55. The minimum atomic E-state index is 0.0262. The number of hydrogen-bond donors (Lipinski definition) is 1. The molecule has 1 heterocycles. The fraction of sp³-hybridized carbons (Fsp3) is 0.300. The number of anilines is 1. The van der Waals surface area contributed by atoms with Crippen molar-refractivity contribution >= 4 is 11.6 Å². The maximum atomic E-state index is 11.6. The van der Waals surface area contributed by atoms with Gasteiger partial charge in [0.2, 0.25) is 0 Å². The summed E-state index contributed by atoms with van der Waals surface area (Å²) in [5.41, 5.74) is 7.98. The zero-order valence-electron chi connectivity index (χ0n) is 8.20. The van der Waals surface area contributed by atoms with Crippen LogP contribution in [-0.4, -0.2) is 25.0 Å². The number of carbonyl (C=O) groups is 1. The van der Waals surface area contributed by atoms with Crippen LogP contribution >= 0.6 is 0 Å². The molecule has 2 N–H and O–H groups in total. The van der Waals surface area contributed by atoms with E-state index in [4.69, 9.17) is 10.5 Å². The number of fused-ring (bicyclic) bond motifs is 1. The van der Waals surface area contributed by atoms with E-state index in [9.17, 15) is 4.79 Å². The van der Waals surface area contributed by atoms with Crippen LogP contribution in [0.3, 0.4) is 0 Å². The van der Waals surface area contributed by atoms with Crippen LogP contribution in [0.5, 0.6) is 5.75 Å². The Bertz CT molecular complexity index is 401. The Morgan fingerprint density at radius 3 is 2.86 bits per heavy atom. The van der Waals surface area contributed by atoms with Crippen LogP contribution < -0.4 is 10.5 Å². The average molecular weight is 192 g/mol. The van der Waals surface area contributed by atoms with Gasteiger partial charge in [0.05, 0.1) is 12.8 Å². The number of nitrogens with zero attached hydrogens (tertiary/aromatic N) is 1. The predicted molar refractivity (Wildman–Crippen MR) is 53.2 cm³/mol. The quantitative estimate of drug-likeness (QED) is 0.671. The topological polar surface area (TPSA) is 55.6 Å². The van der Waals surface area contributed by atoms with Crippen LogP contribution in [0.2, 0.25) is 0 Å². The van der Waals surface area contributed by atoms with Gasteiger partial charge in [0.1, 0.15) is 5.75 Å². The molecular formula is C10H12N2O2. The molecule has 1 aromatic carbocycles. The second-order valence-corrected chi connectivity index (χ2v) is 3.41. The Kier molecular flexibility index (Phi) is 1.84. The molecule has 0 radical (unpaired) electrons. The van der Waals surface area contributed by atoms with Gasteiger partial charge in [0.15, 0.2) is 0 Å². The van der Waals surface area contributed by atoms with Gasteiger partial charge >= 0.3 is 0 Å². The molecule has 4 nitrogen and oxygen atoms in total. The summed E-state index contributed by atoms with van der Waals surface area (Å²) in [5, 5.41) is 0. The molecule has 0 fully saturated rings. The average Bonchev–Trinajstić information content (AvgIpc) is 2.41. The van der Waals surface area contributed by atoms with Gasteiger partial charge in [-0.25, -0.2) is 0 Å². The van der Waals surface area contributed by atoms with Gasteiger partial charge in [0.25, 0.3) is 5.91 Å². The highest BCUT2D eigenvalue weighted by atomic mass is 16.5. The maximum Gasteiger partial charge on any atom is 0.254 e. The molecule has 1 amide bonds. The third-order valence-electron chi connectivity index (χ3n) is 2.44. The third-order valence-corrected chi connectivity index (χ3v) is 2.44. The lowest BCUT2D eigenvalue weighted by Gasteiger charge is -2.05. The van der Waals surface area contributed by atoms with Crippen LogP contribution in [-0.2, 0) is 6.54 Å². The van der Waals surface area contributed by atoms with Crippen LogP contribution in [0, 0.1) is 0 Å².